The van der Waals surface area contributed by atoms with Gasteiger partial charge in [0, 0.05) is 12.6 Å². The first-order valence-electron chi connectivity index (χ1n) is 5.24. The molecule has 0 bridgehead atoms. The van der Waals surface area contributed by atoms with E-state index >= 15 is 0 Å². The molecular formula is C9H18N2O4S. The third-order valence-corrected chi connectivity index (χ3v) is 4.41. The lowest BCUT2D eigenvalue weighted by atomic mass is 10.2. The standard InChI is InChI=1S/C9H18N2O4S/c1-7(10)9(13)11(3-4-12)8-2-5-16(14,15)6-8/h7-8,12H,2-6,10H2,1H3/t7-,8?/m0/s1. The highest BCUT2D eigenvalue weighted by atomic mass is 32.2. The van der Waals surface area contributed by atoms with Crippen LogP contribution in [0.15, 0.2) is 0 Å². The lowest BCUT2D eigenvalue weighted by molar-refractivity contribution is -0.134. The summed E-state index contributed by atoms with van der Waals surface area (Å²) in [5.74, 6) is -0.228. The fourth-order valence-corrected chi connectivity index (χ4v) is 3.59. The molecule has 3 N–H and O–H groups in total. The topological polar surface area (TPSA) is 101 Å². The SMILES string of the molecule is C[C@H](N)C(=O)N(CCO)C1CCS(=O)(=O)C1. The Labute approximate surface area is 95.3 Å². The van der Waals surface area contributed by atoms with Gasteiger partial charge in [-0.3, -0.25) is 4.79 Å². The summed E-state index contributed by atoms with van der Waals surface area (Å²) in [5, 5.41) is 8.87. The Hall–Kier alpha value is -0.660. The van der Waals surface area contributed by atoms with E-state index in [1.54, 1.807) is 6.92 Å². The van der Waals surface area contributed by atoms with Gasteiger partial charge in [0.05, 0.1) is 24.2 Å². The Morgan fingerprint density at radius 2 is 2.25 bits per heavy atom. The lowest BCUT2D eigenvalue weighted by Gasteiger charge is -2.29. The number of carbonyl (C=O) groups is 1. The molecule has 1 aliphatic heterocycles. The van der Waals surface area contributed by atoms with Gasteiger partial charge in [-0.1, -0.05) is 0 Å². The minimum Gasteiger partial charge on any atom is -0.395 e. The fraction of sp³-hybridized carbons (Fsp3) is 0.889. The van der Waals surface area contributed by atoms with Gasteiger partial charge in [0.25, 0.3) is 0 Å². The van der Waals surface area contributed by atoms with Crippen molar-refractivity contribution >= 4 is 15.7 Å². The molecule has 0 saturated carbocycles. The van der Waals surface area contributed by atoms with Crippen LogP contribution in [0.4, 0.5) is 0 Å². The van der Waals surface area contributed by atoms with E-state index in [-0.39, 0.29) is 36.6 Å². The number of hydrogen-bond donors (Lipinski definition) is 2. The molecule has 1 amide bonds. The van der Waals surface area contributed by atoms with Gasteiger partial charge in [0.1, 0.15) is 0 Å². The Bertz CT molecular complexity index is 353. The third kappa shape index (κ3) is 3.16. The van der Waals surface area contributed by atoms with Crippen LogP contribution >= 0.6 is 0 Å². The minimum atomic E-state index is -3.03. The maximum absolute atomic E-state index is 11.7. The van der Waals surface area contributed by atoms with E-state index < -0.39 is 15.9 Å². The highest BCUT2D eigenvalue weighted by Crippen LogP contribution is 2.18. The Kier molecular flexibility index (Phi) is 4.28. The van der Waals surface area contributed by atoms with E-state index in [0.717, 1.165) is 0 Å². The van der Waals surface area contributed by atoms with Crippen molar-refractivity contribution in [2.45, 2.75) is 25.4 Å². The molecular weight excluding hydrogens is 232 g/mol. The van der Waals surface area contributed by atoms with Crippen molar-refractivity contribution in [1.29, 1.82) is 0 Å². The van der Waals surface area contributed by atoms with Crippen LogP contribution in [0.1, 0.15) is 13.3 Å². The summed E-state index contributed by atoms with van der Waals surface area (Å²) in [7, 11) is -3.03. The first-order valence-corrected chi connectivity index (χ1v) is 7.07. The maximum atomic E-state index is 11.7. The van der Waals surface area contributed by atoms with Crippen LogP contribution < -0.4 is 5.73 Å². The number of aliphatic hydroxyl groups excluding tert-OH is 1. The van der Waals surface area contributed by atoms with Crippen LogP contribution in [0.2, 0.25) is 0 Å². The van der Waals surface area contributed by atoms with E-state index in [2.05, 4.69) is 0 Å². The van der Waals surface area contributed by atoms with E-state index in [4.69, 9.17) is 10.8 Å². The second kappa shape index (κ2) is 5.11. The van der Waals surface area contributed by atoms with E-state index in [9.17, 15) is 13.2 Å². The molecule has 0 aliphatic carbocycles. The summed E-state index contributed by atoms with van der Waals surface area (Å²) < 4.78 is 22.6. The molecule has 16 heavy (non-hydrogen) atoms. The van der Waals surface area contributed by atoms with Gasteiger partial charge in [-0.2, -0.15) is 0 Å². The molecule has 2 atom stereocenters. The van der Waals surface area contributed by atoms with E-state index in [1.807, 2.05) is 0 Å². The van der Waals surface area contributed by atoms with E-state index in [0.29, 0.717) is 6.42 Å². The molecule has 1 heterocycles. The zero-order valence-electron chi connectivity index (χ0n) is 9.30. The molecule has 1 saturated heterocycles. The summed E-state index contributed by atoms with van der Waals surface area (Å²) >= 11 is 0. The number of hydrogen-bond acceptors (Lipinski definition) is 5. The zero-order valence-corrected chi connectivity index (χ0v) is 10.1. The smallest absolute Gasteiger partial charge is 0.239 e. The highest BCUT2D eigenvalue weighted by Gasteiger charge is 2.35. The fourth-order valence-electron chi connectivity index (χ4n) is 1.86. The predicted octanol–water partition coefficient (Wildman–Crippen LogP) is -1.66. The average Bonchev–Trinajstić information content (AvgIpc) is 2.54. The summed E-state index contributed by atoms with van der Waals surface area (Å²) in [6.45, 7) is 1.51. The quantitative estimate of drug-likeness (QED) is 0.622. The number of nitrogens with two attached hydrogens (primary N) is 1. The first-order chi connectivity index (χ1) is 7.37. The monoisotopic (exact) mass is 250 g/mol. The van der Waals surface area contributed by atoms with Gasteiger partial charge in [-0.25, -0.2) is 8.42 Å². The molecule has 0 spiro atoms. The molecule has 1 rings (SSSR count). The Morgan fingerprint density at radius 3 is 2.62 bits per heavy atom. The number of nitrogens with zero attached hydrogens (tertiary/aromatic N) is 1. The molecule has 1 fully saturated rings. The molecule has 0 aromatic heterocycles. The molecule has 0 aromatic rings. The average molecular weight is 250 g/mol. The van der Waals surface area contributed by atoms with Crippen molar-refractivity contribution in [2.24, 2.45) is 5.73 Å². The zero-order chi connectivity index (χ0) is 12.3. The number of aliphatic hydroxyl groups is 1. The number of rotatable bonds is 4. The minimum absolute atomic E-state index is 0.0224. The van der Waals surface area contributed by atoms with Crippen molar-refractivity contribution < 1.29 is 18.3 Å². The van der Waals surface area contributed by atoms with Gasteiger partial charge in [0.2, 0.25) is 5.91 Å². The second-order valence-corrected chi connectivity index (χ2v) is 6.33. The summed E-state index contributed by atoms with van der Waals surface area (Å²) in [5.41, 5.74) is 5.48. The van der Waals surface area contributed by atoms with Crippen LogP contribution in [0.5, 0.6) is 0 Å². The molecule has 1 unspecified atom stereocenters. The van der Waals surface area contributed by atoms with Gasteiger partial charge >= 0.3 is 0 Å². The largest absolute Gasteiger partial charge is 0.395 e. The van der Waals surface area contributed by atoms with Gasteiger partial charge in [-0.05, 0) is 13.3 Å². The third-order valence-electron chi connectivity index (χ3n) is 2.66. The Balaban J connectivity index is 2.75. The summed E-state index contributed by atoms with van der Waals surface area (Å²) in [4.78, 5) is 13.1. The summed E-state index contributed by atoms with van der Waals surface area (Å²) in [6, 6.07) is -1.01. The number of amides is 1. The van der Waals surface area contributed by atoms with Crippen LogP contribution in [0.3, 0.4) is 0 Å². The Morgan fingerprint density at radius 1 is 1.62 bits per heavy atom. The normalized spacial score (nSPS) is 25.3. The van der Waals surface area contributed by atoms with E-state index in [1.165, 1.54) is 4.90 Å². The van der Waals surface area contributed by atoms with Crippen LogP contribution in [0.25, 0.3) is 0 Å². The number of carbonyl (C=O) groups excluding carboxylic acids is 1. The molecule has 0 aromatic carbocycles. The second-order valence-electron chi connectivity index (χ2n) is 4.10. The maximum Gasteiger partial charge on any atom is 0.239 e. The van der Waals surface area contributed by atoms with Crippen molar-refractivity contribution in [3.05, 3.63) is 0 Å². The van der Waals surface area contributed by atoms with Crippen molar-refractivity contribution in [3.63, 3.8) is 0 Å². The molecule has 94 valence electrons. The van der Waals surface area contributed by atoms with Gasteiger partial charge < -0.3 is 15.7 Å². The molecule has 0 radical (unpaired) electrons. The summed E-state index contributed by atoms with van der Waals surface area (Å²) in [6.07, 6.45) is 0.431. The molecule has 1 aliphatic rings. The van der Waals surface area contributed by atoms with Crippen LogP contribution in [0, 0.1) is 0 Å². The first kappa shape index (κ1) is 13.4. The molecule has 6 nitrogen and oxygen atoms in total. The van der Waals surface area contributed by atoms with Crippen molar-refractivity contribution in [3.8, 4) is 0 Å². The molecule has 7 heteroatoms. The number of sulfone groups is 1. The predicted molar refractivity (Wildman–Crippen MR) is 59.5 cm³/mol. The van der Waals surface area contributed by atoms with Gasteiger partial charge in [0.15, 0.2) is 9.84 Å². The van der Waals surface area contributed by atoms with Gasteiger partial charge in [-0.15, -0.1) is 0 Å². The highest BCUT2D eigenvalue weighted by molar-refractivity contribution is 7.91. The van der Waals surface area contributed by atoms with Crippen LogP contribution in [-0.4, -0.2) is 61.1 Å². The van der Waals surface area contributed by atoms with Crippen LogP contribution in [-0.2, 0) is 14.6 Å². The van der Waals surface area contributed by atoms with Crippen molar-refractivity contribution in [2.75, 3.05) is 24.7 Å². The van der Waals surface area contributed by atoms with Crippen molar-refractivity contribution in [1.82, 2.24) is 4.90 Å². The lowest BCUT2D eigenvalue weighted by Crippen LogP contribution is -2.49.